The Balaban J connectivity index is 0.00000342. The number of benzene rings is 2. The van der Waals surface area contributed by atoms with Crippen molar-refractivity contribution in [2.45, 2.75) is 39.3 Å². The lowest BCUT2D eigenvalue weighted by Crippen LogP contribution is -2.38. The van der Waals surface area contributed by atoms with Crippen LogP contribution in [0.4, 0.5) is 0 Å². The number of aliphatic carboxylic acids is 1. The first-order valence-electron chi connectivity index (χ1n) is 11.1. The van der Waals surface area contributed by atoms with Gasteiger partial charge < -0.3 is 14.4 Å². The Bertz CT molecular complexity index is 1240. The van der Waals surface area contributed by atoms with E-state index in [1.807, 2.05) is 32.0 Å². The van der Waals surface area contributed by atoms with Crippen LogP contribution in [0.25, 0.3) is 22.8 Å². The molecule has 0 aliphatic carbocycles. The second-order valence-electron chi connectivity index (χ2n) is 8.64. The molecule has 0 amide bonds. The fraction of sp³-hybridized carbons (Fsp3) is 0.360. The van der Waals surface area contributed by atoms with E-state index in [4.69, 9.17) is 20.9 Å². The van der Waals surface area contributed by atoms with Gasteiger partial charge in [-0.05, 0) is 69.1 Å². The lowest BCUT2D eigenvalue weighted by molar-refractivity contribution is -0.143. The van der Waals surface area contributed by atoms with Crippen molar-refractivity contribution in [1.82, 2.24) is 15.0 Å². The zero-order chi connectivity index (χ0) is 24.2. The molecule has 0 bridgehead atoms. The number of carboxylic acids is 1. The number of likely N-dealkylation sites (tertiary alicyclic amines) is 1. The molecule has 1 aliphatic rings. The Morgan fingerprint density at radius 2 is 2.14 bits per heavy atom. The van der Waals surface area contributed by atoms with Gasteiger partial charge in [0.2, 0.25) is 5.82 Å². The molecule has 0 radical (unpaired) electrons. The molecule has 2 heterocycles. The maximum absolute atomic E-state index is 11.3. The van der Waals surface area contributed by atoms with E-state index in [-0.39, 0.29) is 30.3 Å². The fourth-order valence-corrected chi connectivity index (χ4v) is 4.34. The quantitative estimate of drug-likeness (QED) is 0.441. The summed E-state index contributed by atoms with van der Waals surface area (Å²) in [5.74, 6) is 0.0546. The van der Waals surface area contributed by atoms with Gasteiger partial charge in [0.25, 0.3) is 5.89 Å². The van der Waals surface area contributed by atoms with Crippen molar-refractivity contribution in [3.8, 4) is 34.7 Å². The number of carboxylic acid groups (broad SMARTS) is 1. The van der Waals surface area contributed by atoms with Gasteiger partial charge in [-0.2, -0.15) is 10.2 Å². The third-order valence-corrected chi connectivity index (χ3v) is 5.98. The van der Waals surface area contributed by atoms with Crippen LogP contribution < -0.4 is 4.74 Å². The number of hydrogen-bond acceptors (Lipinski definition) is 7. The van der Waals surface area contributed by atoms with Crippen LogP contribution in [-0.4, -0.2) is 45.3 Å². The van der Waals surface area contributed by atoms with E-state index < -0.39 is 5.97 Å². The summed E-state index contributed by atoms with van der Waals surface area (Å²) in [5.41, 5.74) is 2.61. The standard InChI is InChI=1S/C25H25ClN4O4.ClH/c1-15(2)33-22-8-6-17(11-19(22)12-27)24-28-23(29-34-24)20-7-5-16(10-21(20)26)13-30-9-3-4-18(14-30)25(31)32;/h5-8,10-11,15,18H,3-4,9,13-14H2,1-2H3,(H,31,32);1H. The zero-order valence-corrected chi connectivity index (χ0v) is 21.0. The van der Waals surface area contributed by atoms with Crippen molar-refractivity contribution >= 4 is 30.0 Å². The van der Waals surface area contributed by atoms with E-state index in [0.29, 0.717) is 46.4 Å². The monoisotopic (exact) mass is 516 g/mol. The van der Waals surface area contributed by atoms with Crippen LogP contribution in [0.1, 0.15) is 37.8 Å². The van der Waals surface area contributed by atoms with Gasteiger partial charge in [0, 0.05) is 24.2 Å². The lowest BCUT2D eigenvalue weighted by atomic mass is 9.98. The summed E-state index contributed by atoms with van der Waals surface area (Å²) in [4.78, 5) is 17.9. The molecule has 184 valence electrons. The van der Waals surface area contributed by atoms with Crippen LogP contribution in [0.2, 0.25) is 5.02 Å². The van der Waals surface area contributed by atoms with Gasteiger partial charge in [0.1, 0.15) is 11.8 Å². The molecular formula is C25H26Cl2N4O4. The second kappa shape index (κ2) is 11.5. The molecule has 1 fully saturated rings. The molecule has 4 rings (SSSR count). The van der Waals surface area contributed by atoms with Gasteiger partial charge in [0.05, 0.1) is 22.6 Å². The second-order valence-corrected chi connectivity index (χ2v) is 9.05. The molecule has 10 heteroatoms. The maximum Gasteiger partial charge on any atom is 0.307 e. The minimum atomic E-state index is -0.741. The molecular weight excluding hydrogens is 491 g/mol. The van der Waals surface area contributed by atoms with Crippen LogP contribution in [0, 0.1) is 17.2 Å². The summed E-state index contributed by atoms with van der Waals surface area (Å²) >= 11 is 6.54. The smallest absolute Gasteiger partial charge is 0.307 e. The number of nitrogens with zero attached hydrogens (tertiary/aromatic N) is 4. The highest BCUT2D eigenvalue weighted by molar-refractivity contribution is 6.33. The van der Waals surface area contributed by atoms with Crippen molar-refractivity contribution in [2.75, 3.05) is 13.1 Å². The van der Waals surface area contributed by atoms with Crippen molar-refractivity contribution < 1.29 is 19.2 Å². The largest absolute Gasteiger partial charge is 0.490 e. The fourth-order valence-electron chi connectivity index (χ4n) is 4.05. The van der Waals surface area contributed by atoms with Crippen LogP contribution in [0.3, 0.4) is 0 Å². The molecule has 1 saturated heterocycles. The number of carbonyl (C=O) groups is 1. The lowest BCUT2D eigenvalue weighted by Gasteiger charge is -2.30. The van der Waals surface area contributed by atoms with Gasteiger partial charge in [-0.15, -0.1) is 12.4 Å². The van der Waals surface area contributed by atoms with Gasteiger partial charge in [-0.25, -0.2) is 0 Å². The summed E-state index contributed by atoms with van der Waals surface area (Å²) in [7, 11) is 0. The van der Waals surface area contributed by atoms with Gasteiger partial charge in [-0.1, -0.05) is 22.8 Å². The summed E-state index contributed by atoms with van der Waals surface area (Å²) in [6.45, 7) is 5.82. The van der Waals surface area contributed by atoms with E-state index in [1.54, 1.807) is 18.2 Å². The third kappa shape index (κ3) is 6.31. The van der Waals surface area contributed by atoms with E-state index in [9.17, 15) is 15.2 Å². The predicted octanol–water partition coefficient (Wildman–Crippen LogP) is 5.43. The number of piperidine rings is 1. The average molecular weight is 517 g/mol. The molecule has 1 N–H and O–H groups in total. The first-order chi connectivity index (χ1) is 16.3. The van der Waals surface area contributed by atoms with E-state index in [1.165, 1.54) is 0 Å². The van der Waals surface area contributed by atoms with E-state index in [0.717, 1.165) is 24.9 Å². The first kappa shape index (κ1) is 26.5. The Labute approximate surface area is 214 Å². The Hall–Kier alpha value is -3.12. The third-order valence-electron chi connectivity index (χ3n) is 5.67. The summed E-state index contributed by atoms with van der Waals surface area (Å²) in [6, 6.07) is 12.9. The summed E-state index contributed by atoms with van der Waals surface area (Å²) in [5, 5.41) is 23.3. The molecule has 8 nitrogen and oxygen atoms in total. The minimum absolute atomic E-state index is 0. The molecule has 35 heavy (non-hydrogen) atoms. The Kier molecular flexibility index (Phi) is 8.73. The number of halogens is 2. The van der Waals surface area contributed by atoms with E-state index >= 15 is 0 Å². The predicted molar refractivity (Wildman–Crippen MR) is 134 cm³/mol. The molecule has 1 unspecified atom stereocenters. The van der Waals surface area contributed by atoms with Crippen molar-refractivity contribution in [3.63, 3.8) is 0 Å². The highest BCUT2D eigenvalue weighted by Gasteiger charge is 2.25. The Morgan fingerprint density at radius 1 is 1.34 bits per heavy atom. The first-order valence-corrected chi connectivity index (χ1v) is 11.5. The van der Waals surface area contributed by atoms with Crippen LogP contribution in [0.15, 0.2) is 40.9 Å². The van der Waals surface area contributed by atoms with Gasteiger partial charge in [0.15, 0.2) is 0 Å². The van der Waals surface area contributed by atoms with Crippen LogP contribution >= 0.6 is 24.0 Å². The minimum Gasteiger partial charge on any atom is -0.490 e. The van der Waals surface area contributed by atoms with Crippen LogP contribution in [0.5, 0.6) is 5.75 Å². The zero-order valence-electron chi connectivity index (χ0n) is 19.4. The SMILES string of the molecule is CC(C)Oc1ccc(-c2nc(-c3ccc(CN4CCCC(C(=O)O)C4)cc3Cl)no2)cc1C#N.Cl. The number of ether oxygens (including phenoxy) is 1. The van der Waals surface area contributed by atoms with E-state index in [2.05, 4.69) is 21.1 Å². The molecule has 0 spiro atoms. The van der Waals surface area contributed by atoms with Crippen molar-refractivity contribution in [2.24, 2.45) is 5.92 Å². The molecule has 1 aromatic heterocycles. The van der Waals surface area contributed by atoms with Crippen molar-refractivity contribution in [1.29, 1.82) is 5.26 Å². The molecule has 3 aromatic rings. The number of rotatable bonds is 7. The highest BCUT2D eigenvalue weighted by Crippen LogP contribution is 2.31. The Morgan fingerprint density at radius 3 is 2.83 bits per heavy atom. The average Bonchev–Trinajstić information content (AvgIpc) is 3.29. The van der Waals surface area contributed by atoms with Crippen LogP contribution in [-0.2, 0) is 11.3 Å². The summed E-state index contributed by atoms with van der Waals surface area (Å²) in [6.07, 6.45) is 1.54. The highest BCUT2D eigenvalue weighted by atomic mass is 35.5. The van der Waals surface area contributed by atoms with Gasteiger partial charge in [-0.3, -0.25) is 9.69 Å². The van der Waals surface area contributed by atoms with Crippen molar-refractivity contribution in [3.05, 3.63) is 52.5 Å². The number of hydrogen-bond donors (Lipinski definition) is 1. The molecule has 0 saturated carbocycles. The topological polar surface area (TPSA) is 112 Å². The summed E-state index contributed by atoms with van der Waals surface area (Å²) < 4.78 is 11.1. The molecule has 1 atom stereocenters. The maximum atomic E-state index is 11.3. The van der Waals surface area contributed by atoms with Gasteiger partial charge >= 0.3 is 5.97 Å². The molecule has 2 aromatic carbocycles. The number of nitriles is 1. The molecule has 1 aliphatic heterocycles. The normalized spacial score (nSPS) is 15.9. The number of aromatic nitrogens is 2.